The summed E-state index contributed by atoms with van der Waals surface area (Å²) in [5, 5.41) is 0. The van der Waals surface area contributed by atoms with Crippen LogP contribution >= 0.6 is 0 Å². The zero-order valence-electron chi connectivity index (χ0n) is 11.0. The van der Waals surface area contributed by atoms with Gasteiger partial charge in [-0.3, -0.25) is 4.79 Å². The summed E-state index contributed by atoms with van der Waals surface area (Å²) in [6.45, 7) is 8.92. The predicted octanol–water partition coefficient (Wildman–Crippen LogP) is 3.98. The Hall–Kier alpha value is -0.590. The van der Waals surface area contributed by atoms with E-state index >= 15 is 0 Å². The summed E-state index contributed by atoms with van der Waals surface area (Å²) in [6.07, 6.45) is 7.05. The summed E-state index contributed by atoms with van der Waals surface area (Å²) in [6, 6.07) is 0. The minimum atomic E-state index is 0.285. The van der Waals surface area contributed by atoms with Gasteiger partial charge in [-0.25, -0.2) is 0 Å². The van der Waals surface area contributed by atoms with Crippen molar-refractivity contribution in [2.75, 3.05) is 0 Å². The standard InChI is InChI=1S/C15H24O/c1-10-5-6-11(2)15(4)8-7-13(12(3)16)9-14(10)15/h7,10-11,14H,5-6,8-9H2,1-4H3. The molecular formula is C15H24O. The Balaban J connectivity index is 2.29. The Kier molecular flexibility index (Phi) is 2.98. The van der Waals surface area contributed by atoms with E-state index in [-0.39, 0.29) is 5.78 Å². The number of carbonyl (C=O) groups is 1. The van der Waals surface area contributed by atoms with Crippen LogP contribution in [0.25, 0.3) is 0 Å². The number of Topliss-reactive ketones (excluding diaryl/α,β-unsaturated/α-hetero) is 1. The van der Waals surface area contributed by atoms with Crippen molar-refractivity contribution in [2.45, 2.75) is 53.4 Å². The summed E-state index contributed by atoms with van der Waals surface area (Å²) in [5.41, 5.74) is 1.53. The molecule has 0 aromatic rings. The van der Waals surface area contributed by atoms with Gasteiger partial charge in [-0.15, -0.1) is 0 Å². The first kappa shape index (κ1) is 11.9. The van der Waals surface area contributed by atoms with Crippen LogP contribution < -0.4 is 0 Å². The van der Waals surface area contributed by atoms with Gasteiger partial charge in [0.15, 0.2) is 5.78 Å². The quantitative estimate of drug-likeness (QED) is 0.653. The van der Waals surface area contributed by atoms with Crippen LogP contribution in [-0.4, -0.2) is 5.78 Å². The second-order valence-electron chi connectivity index (χ2n) is 6.26. The van der Waals surface area contributed by atoms with Crippen LogP contribution in [0.15, 0.2) is 11.6 Å². The summed E-state index contributed by atoms with van der Waals surface area (Å²) >= 11 is 0. The maximum Gasteiger partial charge on any atom is 0.155 e. The van der Waals surface area contributed by atoms with Crippen molar-refractivity contribution in [3.8, 4) is 0 Å². The Morgan fingerprint density at radius 3 is 2.69 bits per heavy atom. The maximum absolute atomic E-state index is 11.5. The van der Waals surface area contributed by atoms with Gasteiger partial charge in [0.1, 0.15) is 0 Å². The zero-order chi connectivity index (χ0) is 11.9. The number of allylic oxidation sites excluding steroid dienone is 2. The van der Waals surface area contributed by atoms with E-state index in [0.717, 1.165) is 36.2 Å². The van der Waals surface area contributed by atoms with E-state index in [1.807, 2.05) is 0 Å². The summed E-state index contributed by atoms with van der Waals surface area (Å²) < 4.78 is 0. The van der Waals surface area contributed by atoms with Crippen molar-refractivity contribution < 1.29 is 4.79 Å². The Morgan fingerprint density at radius 2 is 2.06 bits per heavy atom. The number of hydrogen-bond donors (Lipinski definition) is 0. The van der Waals surface area contributed by atoms with E-state index in [1.165, 1.54) is 12.8 Å². The van der Waals surface area contributed by atoms with Gasteiger partial charge < -0.3 is 0 Å². The fourth-order valence-electron chi connectivity index (χ4n) is 3.80. The highest BCUT2D eigenvalue weighted by atomic mass is 16.1. The molecule has 1 heteroatoms. The Morgan fingerprint density at radius 1 is 1.38 bits per heavy atom. The molecule has 0 bridgehead atoms. The molecule has 2 aliphatic carbocycles. The molecule has 2 aliphatic rings. The van der Waals surface area contributed by atoms with E-state index in [4.69, 9.17) is 0 Å². The molecule has 0 spiro atoms. The van der Waals surface area contributed by atoms with Crippen molar-refractivity contribution in [1.29, 1.82) is 0 Å². The molecule has 4 unspecified atom stereocenters. The number of ketones is 1. The van der Waals surface area contributed by atoms with Crippen LogP contribution in [0.4, 0.5) is 0 Å². The van der Waals surface area contributed by atoms with Gasteiger partial charge in [0.2, 0.25) is 0 Å². The van der Waals surface area contributed by atoms with E-state index in [1.54, 1.807) is 6.92 Å². The van der Waals surface area contributed by atoms with Gasteiger partial charge in [0, 0.05) is 0 Å². The van der Waals surface area contributed by atoms with Crippen molar-refractivity contribution >= 4 is 5.78 Å². The highest BCUT2D eigenvalue weighted by Gasteiger charge is 2.46. The van der Waals surface area contributed by atoms with Gasteiger partial charge in [-0.2, -0.15) is 0 Å². The molecule has 1 fully saturated rings. The average Bonchev–Trinajstić information content (AvgIpc) is 2.24. The molecular weight excluding hydrogens is 196 g/mol. The number of carbonyl (C=O) groups excluding carboxylic acids is 1. The molecule has 0 N–H and O–H groups in total. The summed E-state index contributed by atoms with van der Waals surface area (Å²) in [4.78, 5) is 11.5. The number of fused-ring (bicyclic) bond motifs is 1. The van der Waals surface area contributed by atoms with Crippen molar-refractivity contribution in [3.63, 3.8) is 0 Å². The van der Waals surface area contributed by atoms with Crippen molar-refractivity contribution in [1.82, 2.24) is 0 Å². The lowest BCUT2D eigenvalue weighted by Crippen LogP contribution is -2.43. The lowest BCUT2D eigenvalue weighted by Gasteiger charge is -2.51. The normalized spacial score (nSPS) is 43.5. The van der Waals surface area contributed by atoms with Crippen molar-refractivity contribution in [3.05, 3.63) is 11.6 Å². The molecule has 1 saturated carbocycles. The third-order valence-corrected chi connectivity index (χ3v) is 5.40. The molecule has 2 rings (SSSR count). The van der Waals surface area contributed by atoms with Gasteiger partial charge in [0.25, 0.3) is 0 Å². The topological polar surface area (TPSA) is 17.1 Å². The minimum Gasteiger partial charge on any atom is -0.295 e. The average molecular weight is 220 g/mol. The molecule has 0 aromatic heterocycles. The van der Waals surface area contributed by atoms with Crippen LogP contribution in [0.5, 0.6) is 0 Å². The SMILES string of the molecule is CC(=O)C1=CCC2(C)C(C)CCC(C)C2C1. The first-order chi connectivity index (χ1) is 7.45. The molecule has 0 aromatic carbocycles. The third-order valence-electron chi connectivity index (χ3n) is 5.40. The van der Waals surface area contributed by atoms with Crippen LogP contribution in [0, 0.1) is 23.2 Å². The van der Waals surface area contributed by atoms with Crippen LogP contribution in [0.2, 0.25) is 0 Å². The predicted molar refractivity (Wildman–Crippen MR) is 67.2 cm³/mol. The highest BCUT2D eigenvalue weighted by Crippen LogP contribution is 2.54. The fourth-order valence-corrected chi connectivity index (χ4v) is 3.80. The zero-order valence-corrected chi connectivity index (χ0v) is 11.0. The Labute approximate surface area is 99.3 Å². The molecule has 90 valence electrons. The van der Waals surface area contributed by atoms with Gasteiger partial charge in [-0.05, 0) is 54.9 Å². The number of hydrogen-bond acceptors (Lipinski definition) is 1. The third kappa shape index (κ3) is 1.74. The highest BCUT2D eigenvalue weighted by molar-refractivity contribution is 5.93. The second-order valence-corrected chi connectivity index (χ2v) is 6.26. The fraction of sp³-hybridized carbons (Fsp3) is 0.800. The lowest BCUT2D eigenvalue weighted by molar-refractivity contribution is -0.114. The molecule has 16 heavy (non-hydrogen) atoms. The van der Waals surface area contributed by atoms with E-state index in [0.29, 0.717) is 5.41 Å². The monoisotopic (exact) mass is 220 g/mol. The maximum atomic E-state index is 11.5. The molecule has 1 nitrogen and oxygen atoms in total. The molecule has 4 atom stereocenters. The summed E-state index contributed by atoms with van der Waals surface area (Å²) in [7, 11) is 0. The van der Waals surface area contributed by atoms with Crippen LogP contribution in [-0.2, 0) is 4.79 Å². The smallest absolute Gasteiger partial charge is 0.155 e. The second kappa shape index (κ2) is 4.01. The van der Waals surface area contributed by atoms with Gasteiger partial charge >= 0.3 is 0 Å². The summed E-state index contributed by atoms with van der Waals surface area (Å²) in [5.74, 6) is 2.59. The molecule has 0 radical (unpaired) electrons. The molecule has 0 amide bonds. The van der Waals surface area contributed by atoms with Crippen LogP contribution in [0.3, 0.4) is 0 Å². The van der Waals surface area contributed by atoms with Crippen molar-refractivity contribution in [2.24, 2.45) is 23.2 Å². The van der Waals surface area contributed by atoms with Gasteiger partial charge in [-0.1, -0.05) is 33.3 Å². The minimum absolute atomic E-state index is 0.285. The van der Waals surface area contributed by atoms with Crippen LogP contribution in [0.1, 0.15) is 53.4 Å². The molecule has 0 aliphatic heterocycles. The first-order valence-electron chi connectivity index (χ1n) is 6.65. The first-order valence-corrected chi connectivity index (χ1v) is 6.65. The molecule has 0 heterocycles. The Bertz CT molecular complexity index is 328. The van der Waals surface area contributed by atoms with E-state index in [9.17, 15) is 4.79 Å². The van der Waals surface area contributed by atoms with E-state index in [2.05, 4.69) is 26.8 Å². The number of rotatable bonds is 1. The van der Waals surface area contributed by atoms with Gasteiger partial charge in [0.05, 0.1) is 0 Å². The molecule has 0 saturated heterocycles. The lowest BCUT2D eigenvalue weighted by atomic mass is 9.53. The van der Waals surface area contributed by atoms with E-state index < -0.39 is 0 Å². The largest absolute Gasteiger partial charge is 0.295 e.